The van der Waals surface area contributed by atoms with Crippen LogP contribution in [0, 0.1) is 0 Å². The number of hydrogen-bond donors (Lipinski definition) is 1. The highest BCUT2D eigenvalue weighted by molar-refractivity contribution is 7.92. The molecule has 1 atom stereocenters. The van der Waals surface area contributed by atoms with E-state index in [2.05, 4.69) is 0 Å². The van der Waals surface area contributed by atoms with E-state index >= 15 is 0 Å². The lowest BCUT2D eigenvalue weighted by molar-refractivity contribution is 0.319. The highest BCUT2D eigenvalue weighted by Crippen LogP contribution is 2.04. The van der Waals surface area contributed by atoms with E-state index in [1.165, 1.54) is 0 Å². The van der Waals surface area contributed by atoms with Gasteiger partial charge in [-0.3, -0.25) is 0 Å². The molecule has 3 nitrogen and oxygen atoms in total. The van der Waals surface area contributed by atoms with E-state index in [4.69, 9.17) is 5.11 Å². The molecule has 0 aromatic heterocycles. The first kappa shape index (κ1) is 9.91. The average molecular weight is 166 g/mol. The van der Waals surface area contributed by atoms with Crippen LogP contribution in [-0.2, 0) is 9.84 Å². The molecular formula is C6H14O3S. The summed E-state index contributed by atoms with van der Waals surface area (Å²) in [5, 5.41) is 8.05. The van der Waals surface area contributed by atoms with Gasteiger partial charge in [0.05, 0.1) is 17.6 Å². The van der Waals surface area contributed by atoms with Gasteiger partial charge in [-0.1, -0.05) is 6.92 Å². The zero-order valence-corrected chi connectivity index (χ0v) is 7.19. The van der Waals surface area contributed by atoms with Crippen molar-refractivity contribution in [1.82, 2.24) is 0 Å². The van der Waals surface area contributed by atoms with Crippen LogP contribution in [0.25, 0.3) is 0 Å². The lowest BCUT2D eigenvalue weighted by Crippen LogP contribution is -2.21. The zero-order chi connectivity index (χ0) is 8.20. The van der Waals surface area contributed by atoms with Gasteiger partial charge in [-0.25, -0.2) is 8.42 Å². The Balaban J connectivity index is 4.12. The SMILES string of the molecule is CCC(C)S(=O)(=O)CCO. The zero-order valence-electron chi connectivity index (χ0n) is 6.37. The van der Waals surface area contributed by atoms with Crippen molar-refractivity contribution in [3.05, 3.63) is 0 Å². The molecule has 0 fully saturated rings. The van der Waals surface area contributed by atoms with Crippen LogP contribution in [0.15, 0.2) is 0 Å². The Hall–Kier alpha value is -0.0900. The molecule has 0 aliphatic heterocycles. The molecule has 0 saturated heterocycles. The van der Waals surface area contributed by atoms with Crippen LogP contribution in [-0.4, -0.2) is 31.1 Å². The normalized spacial score (nSPS) is 15.1. The molecule has 0 aliphatic rings. The van der Waals surface area contributed by atoms with Crippen molar-refractivity contribution in [2.24, 2.45) is 0 Å². The Kier molecular flexibility index (Phi) is 3.89. The Morgan fingerprint density at radius 3 is 2.30 bits per heavy atom. The third-order valence-corrected chi connectivity index (χ3v) is 3.87. The first-order valence-electron chi connectivity index (χ1n) is 3.37. The maximum absolute atomic E-state index is 11.0. The summed E-state index contributed by atoms with van der Waals surface area (Å²) in [5.41, 5.74) is 0. The minimum Gasteiger partial charge on any atom is -0.395 e. The number of aliphatic hydroxyl groups excluding tert-OH is 1. The number of aliphatic hydroxyl groups is 1. The quantitative estimate of drug-likeness (QED) is 0.648. The van der Waals surface area contributed by atoms with E-state index in [0.29, 0.717) is 6.42 Å². The third kappa shape index (κ3) is 2.66. The fraction of sp³-hybridized carbons (Fsp3) is 1.00. The largest absolute Gasteiger partial charge is 0.395 e. The summed E-state index contributed by atoms with van der Waals surface area (Å²) < 4.78 is 22.0. The van der Waals surface area contributed by atoms with Crippen LogP contribution in [0.2, 0.25) is 0 Å². The van der Waals surface area contributed by atoms with Gasteiger partial charge in [-0.15, -0.1) is 0 Å². The lowest BCUT2D eigenvalue weighted by Gasteiger charge is -2.07. The smallest absolute Gasteiger partial charge is 0.155 e. The van der Waals surface area contributed by atoms with E-state index in [0.717, 1.165) is 0 Å². The van der Waals surface area contributed by atoms with Crippen LogP contribution < -0.4 is 0 Å². The minimum atomic E-state index is -3.01. The van der Waals surface area contributed by atoms with E-state index in [1.807, 2.05) is 6.92 Å². The molecule has 62 valence electrons. The Bertz CT molecular complexity index is 171. The predicted molar refractivity (Wildman–Crippen MR) is 40.6 cm³/mol. The molecule has 0 bridgehead atoms. The second-order valence-electron chi connectivity index (χ2n) is 2.31. The van der Waals surface area contributed by atoms with Crippen molar-refractivity contribution in [2.75, 3.05) is 12.4 Å². The van der Waals surface area contributed by atoms with Gasteiger partial charge < -0.3 is 5.11 Å². The molecule has 1 N–H and O–H groups in total. The summed E-state index contributed by atoms with van der Waals surface area (Å²) in [6, 6.07) is 0. The van der Waals surface area contributed by atoms with Crippen LogP contribution in [0.3, 0.4) is 0 Å². The number of hydrogen-bond acceptors (Lipinski definition) is 3. The monoisotopic (exact) mass is 166 g/mol. The second-order valence-corrected chi connectivity index (χ2v) is 4.85. The summed E-state index contributed by atoms with van der Waals surface area (Å²) in [7, 11) is -3.01. The maximum atomic E-state index is 11.0. The van der Waals surface area contributed by atoms with Crippen LogP contribution in [0.1, 0.15) is 20.3 Å². The second kappa shape index (κ2) is 3.93. The molecule has 0 aromatic carbocycles. The Morgan fingerprint density at radius 2 is 2.00 bits per heavy atom. The van der Waals surface area contributed by atoms with E-state index in [1.54, 1.807) is 6.92 Å². The van der Waals surface area contributed by atoms with E-state index < -0.39 is 9.84 Å². The first-order chi connectivity index (χ1) is 4.54. The van der Waals surface area contributed by atoms with Gasteiger partial charge in [0.1, 0.15) is 0 Å². The van der Waals surface area contributed by atoms with Gasteiger partial charge in [-0.05, 0) is 13.3 Å². The summed E-state index contributed by atoms with van der Waals surface area (Å²) in [5.74, 6) is -0.109. The lowest BCUT2D eigenvalue weighted by atomic mass is 10.4. The van der Waals surface area contributed by atoms with Gasteiger partial charge >= 0.3 is 0 Å². The number of rotatable bonds is 4. The predicted octanol–water partition coefficient (Wildman–Crippen LogP) is 0.192. The maximum Gasteiger partial charge on any atom is 0.155 e. The van der Waals surface area contributed by atoms with Crippen molar-refractivity contribution in [2.45, 2.75) is 25.5 Å². The van der Waals surface area contributed by atoms with Crippen molar-refractivity contribution < 1.29 is 13.5 Å². The van der Waals surface area contributed by atoms with Gasteiger partial charge in [-0.2, -0.15) is 0 Å². The summed E-state index contributed by atoms with van der Waals surface area (Å²) in [6.07, 6.45) is 0.613. The molecule has 0 aromatic rings. The van der Waals surface area contributed by atoms with Crippen LogP contribution in [0.4, 0.5) is 0 Å². The standard InChI is InChI=1S/C6H14O3S/c1-3-6(2)10(8,9)5-4-7/h6-7H,3-5H2,1-2H3. The fourth-order valence-corrected chi connectivity index (χ4v) is 1.75. The van der Waals surface area contributed by atoms with Crippen molar-refractivity contribution >= 4 is 9.84 Å². The highest BCUT2D eigenvalue weighted by Gasteiger charge is 2.17. The molecule has 1 unspecified atom stereocenters. The number of sulfone groups is 1. The third-order valence-electron chi connectivity index (χ3n) is 1.56. The molecule has 0 amide bonds. The van der Waals surface area contributed by atoms with Gasteiger partial charge in [0.15, 0.2) is 9.84 Å². The summed E-state index contributed by atoms with van der Waals surface area (Å²) in [4.78, 5) is 0. The van der Waals surface area contributed by atoms with Gasteiger partial charge in [0, 0.05) is 0 Å². The van der Waals surface area contributed by atoms with Crippen molar-refractivity contribution in [3.8, 4) is 0 Å². The first-order valence-corrected chi connectivity index (χ1v) is 5.08. The van der Waals surface area contributed by atoms with Crippen molar-refractivity contribution in [3.63, 3.8) is 0 Å². The molecule has 0 saturated carbocycles. The van der Waals surface area contributed by atoms with E-state index in [-0.39, 0.29) is 17.6 Å². The molecular weight excluding hydrogens is 152 g/mol. The van der Waals surface area contributed by atoms with Gasteiger partial charge in [0.25, 0.3) is 0 Å². The van der Waals surface area contributed by atoms with Crippen molar-refractivity contribution in [1.29, 1.82) is 0 Å². The van der Waals surface area contributed by atoms with Crippen LogP contribution >= 0.6 is 0 Å². The van der Waals surface area contributed by atoms with Crippen LogP contribution in [0.5, 0.6) is 0 Å². The molecule has 4 heteroatoms. The molecule has 0 spiro atoms. The average Bonchev–Trinajstić information content (AvgIpc) is 1.86. The highest BCUT2D eigenvalue weighted by atomic mass is 32.2. The molecule has 10 heavy (non-hydrogen) atoms. The summed E-state index contributed by atoms with van der Waals surface area (Å²) >= 11 is 0. The molecule has 0 radical (unpaired) electrons. The molecule has 0 heterocycles. The topological polar surface area (TPSA) is 54.4 Å². The molecule has 0 aliphatic carbocycles. The summed E-state index contributed by atoms with van der Waals surface area (Å²) in [6.45, 7) is 3.21. The molecule has 0 rings (SSSR count). The Labute approximate surface area is 62.0 Å². The Morgan fingerprint density at radius 1 is 1.50 bits per heavy atom. The van der Waals surface area contributed by atoms with Gasteiger partial charge in [0.2, 0.25) is 0 Å². The fourth-order valence-electron chi connectivity index (χ4n) is 0.582. The van der Waals surface area contributed by atoms with E-state index in [9.17, 15) is 8.42 Å². The minimum absolute atomic E-state index is 0.109.